The Morgan fingerprint density at radius 3 is 2.59 bits per heavy atom. The lowest BCUT2D eigenvalue weighted by molar-refractivity contribution is 0.102. The maximum absolute atomic E-state index is 12.6. The fourth-order valence-electron chi connectivity index (χ4n) is 1.09. The topological polar surface area (TPSA) is 93.8 Å². The Morgan fingerprint density at radius 1 is 1.18 bits per heavy atom. The molecular weight excluding hydrogens is 225 g/mol. The molecule has 0 fully saturated rings. The molecule has 0 saturated carbocycles. The number of hydrogen-bond donors (Lipinski definition) is 2. The smallest absolute Gasteiger partial charge is 0.277 e. The molecule has 0 aromatic carbocycles. The number of rotatable bonds is 2. The van der Waals surface area contributed by atoms with Gasteiger partial charge in [0.25, 0.3) is 5.91 Å². The lowest BCUT2D eigenvalue weighted by Gasteiger charge is -2.03. The zero-order chi connectivity index (χ0) is 12.3. The first-order chi connectivity index (χ1) is 8.15. The lowest BCUT2D eigenvalue weighted by Crippen LogP contribution is -2.15. The molecule has 2 aromatic heterocycles. The van der Waals surface area contributed by atoms with Crippen LogP contribution in [-0.2, 0) is 0 Å². The van der Waals surface area contributed by atoms with Crippen LogP contribution in [-0.4, -0.2) is 20.9 Å². The number of carbonyl (C=O) groups excluding carboxylic acids is 1. The van der Waals surface area contributed by atoms with Crippen LogP contribution in [0.5, 0.6) is 0 Å². The van der Waals surface area contributed by atoms with Gasteiger partial charge in [-0.15, -0.1) is 0 Å². The molecule has 17 heavy (non-hydrogen) atoms. The summed E-state index contributed by atoms with van der Waals surface area (Å²) in [6.07, 6.45) is 3.52. The van der Waals surface area contributed by atoms with E-state index in [0.717, 1.165) is 6.20 Å². The first-order valence-corrected chi connectivity index (χ1v) is 4.65. The van der Waals surface area contributed by atoms with Crippen LogP contribution in [0, 0.1) is 5.82 Å². The van der Waals surface area contributed by atoms with E-state index >= 15 is 0 Å². The number of anilines is 2. The van der Waals surface area contributed by atoms with Crippen molar-refractivity contribution in [1.29, 1.82) is 0 Å². The predicted octanol–water partition coefficient (Wildman–Crippen LogP) is 0.845. The van der Waals surface area contributed by atoms with Crippen LogP contribution >= 0.6 is 0 Å². The van der Waals surface area contributed by atoms with Gasteiger partial charge in [0.1, 0.15) is 23.1 Å². The summed E-state index contributed by atoms with van der Waals surface area (Å²) < 4.78 is 12.6. The molecular formula is C10H8FN5O. The minimum Gasteiger partial charge on any atom is -0.382 e. The normalized spacial score (nSPS) is 9.94. The summed E-state index contributed by atoms with van der Waals surface area (Å²) in [6.45, 7) is 0. The molecule has 2 rings (SSSR count). The van der Waals surface area contributed by atoms with E-state index in [-0.39, 0.29) is 17.3 Å². The van der Waals surface area contributed by atoms with E-state index < -0.39 is 11.7 Å². The Bertz CT molecular complexity index is 525. The Morgan fingerprint density at radius 2 is 2.00 bits per heavy atom. The number of nitrogens with one attached hydrogen (secondary N) is 1. The standard InChI is InChI=1S/C10H8FN5O/c11-6-1-2-9(15-3-6)16-10(17)7-4-14-8(12)5-13-7/h1-5H,(H2,12,14)(H,15,16,17). The van der Waals surface area contributed by atoms with Crippen LogP contribution in [0.2, 0.25) is 0 Å². The van der Waals surface area contributed by atoms with Gasteiger partial charge in [-0.05, 0) is 12.1 Å². The highest BCUT2D eigenvalue weighted by Gasteiger charge is 2.08. The number of halogens is 1. The molecule has 0 bridgehead atoms. The van der Waals surface area contributed by atoms with E-state index in [1.807, 2.05) is 0 Å². The average Bonchev–Trinajstić information content (AvgIpc) is 2.33. The minimum absolute atomic E-state index is 0.102. The molecule has 0 radical (unpaired) electrons. The van der Waals surface area contributed by atoms with E-state index in [2.05, 4.69) is 20.3 Å². The molecule has 6 nitrogen and oxygen atoms in total. The van der Waals surface area contributed by atoms with Crippen LogP contribution < -0.4 is 11.1 Å². The number of carbonyl (C=O) groups is 1. The summed E-state index contributed by atoms with van der Waals surface area (Å²) in [6, 6.07) is 2.54. The molecule has 0 aliphatic carbocycles. The second kappa shape index (κ2) is 4.52. The van der Waals surface area contributed by atoms with Crippen LogP contribution in [0.25, 0.3) is 0 Å². The van der Waals surface area contributed by atoms with Crippen molar-refractivity contribution in [3.05, 3.63) is 42.2 Å². The molecule has 2 heterocycles. The number of nitrogens with zero attached hydrogens (tertiary/aromatic N) is 3. The third-order valence-corrected chi connectivity index (χ3v) is 1.87. The van der Waals surface area contributed by atoms with Gasteiger partial charge < -0.3 is 11.1 Å². The van der Waals surface area contributed by atoms with E-state index in [1.54, 1.807) is 0 Å². The van der Waals surface area contributed by atoms with Crippen molar-refractivity contribution in [2.24, 2.45) is 0 Å². The van der Waals surface area contributed by atoms with Crippen molar-refractivity contribution >= 4 is 17.5 Å². The Hall–Kier alpha value is -2.57. The fraction of sp³-hybridized carbons (Fsp3) is 0. The maximum Gasteiger partial charge on any atom is 0.277 e. The third-order valence-electron chi connectivity index (χ3n) is 1.87. The molecule has 0 atom stereocenters. The van der Waals surface area contributed by atoms with Crippen LogP contribution in [0.3, 0.4) is 0 Å². The summed E-state index contributed by atoms with van der Waals surface area (Å²) in [7, 11) is 0. The molecule has 2 aromatic rings. The van der Waals surface area contributed by atoms with Gasteiger partial charge in [-0.1, -0.05) is 0 Å². The lowest BCUT2D eigenvalue weighted by atomic mass is 10.4. The number of nitrogens with two attached hydrogens (primary N) is 1. The molecule has 0 unspecified atom stereocenters. The summed E-state index contributed by atoms with van der Waals surface area (Å²) in [5.74, 6) is -0.511. The Balaban J connectivity index is 2.11. The molecule has 86 valence electrons. The van der Waals surface area contributed by atoms with Crippen molar-refractivity contribution in [2.45, 2.75) is 0 Å². The third kappa shape index (κ3) is 2.71. The highest BCUT2D eigenvalue weighted by molar-refractivity contribution is 6.02. The van der Waals surface area contributed by atoms with Crippen molar-refractivity contribution in [3.8, 4) is 0 Å². The van der Waals surface area contributed by atoms with E-state index in [1.165, 1.54) is 24.5 Å². The zero-order valence-electron chi connectivity index (χ0n) is 8.59. The molecule has 3 N–H and O–H groups in total. The molecule has 0 aliphatic heterocycles. The molecule has 0 aliphatic rings. The fourth-order valence-corrected chi connectivity index (χ4v) is 1.09. The summed E-state index contributed by atoms with van der Waals surface area (Å²) in [5, 5.41) is 2.44. The highest BCUT2D eigenvalue weighted by atomic mass is 19.1. The average molecular weight is 233 g/mol. The van der Waals surface area contributed by atoms with Gasteiger partial charge >= 0.3 is 0 Å². The van der Waals surface area contributed by atoms with Crippen molar-refractivity contribution < 1.29 is 9.18 Å². The summed E-state index contributed by atoms with van der Waals surface area (Å²) in [5.41, 5.74) is 5.44. The monoisotopic (exact) mass is 233 g/mol. The van der Waals surface area contributed by atoms with E-state index in [9.17, 15) is 9.18 Å². The van der Waals surface area contributed by atoms with E-state index in [4.69, 9.17) is 5.73 Å². The molecule has 0 saturated heterocycles. The zero-order valence-corrected chi connectivity index (χ0v) is 8.59. The van der Waals surface area contributed by atoms with E-state index in [0.29, 0.717) is 0 Å². The number of nitrogen functional groups attached to an aromatic ring is 1. The quantitative estimate of drug-likeness (QED) is 0.801. The highest BCUT2D eigenvalue weighted by Crippen LogP contribution is 2.05. The summed E-state index contributed by atoms with van der Waals surface area (Å²) in [4.78, 5) is 22.8. The van der Waals surface area contributed by atoms with Gasteiger partial charge in [0, 0.05) is 0 Å². The number of aromatic nitrogens is 3. The molecule has 0 spiro atoms. The molecule has 1 amide bonds. The first kappa shape index (κ1) is 10.9. The number of hydrogen-bond acceptors (Lipinski definition) is 5. The van der Waals surface area contributed by atoms with Gasteiger partial charge in [-0.25, -0.2) is 19.3 Å². The number of pyridine rings is 1. The van der Waals surface area contributed by atoms with Gasteiger partial charge in [0.2, 0.25) is 0 Å². The van der Waals surface area contributed by atoms with Gasteiger partial charge in [0.05, 0.1) is 18.6 Å². The minimum atomic E-state index is -0.489. The maximum atomic E-state index is 12.6. The predicted molar refractivity (Wildman–Crippen MR) is 58.6 cm³/mol. The van der Waals surface area contributed by atoms with Crippen molar-refractivity contribution in [1.82, 2.24) is 15.0 Å². The second-order valence-corrected chi connectivity index (χ2v) is 3.14. The summed E-state index contributed by atoms with van der Waals surface area (Å²) >= 11 is 0. The van der Waals surface area contributed by atoms with Crippen LogP contribution in [0.15, 0.2) is 30.7 Å². The Kier molecular flexibility index (Phi) is 2.91. The second-order valence-electron chi connectivity index (χ2n) is 3.14. The largest absolute Gasteiger partial charge is 0.382 e. The van der Waals surface area contributed by atoms with Gasteiger partial charge in [-0.2, -0.15) is 0 Å². The molecule has 7 heteroatoms. The first-order valence-electron chi connectivity index (χ1n) is 4.65. The number of amides is 1. The van der Waals surface area contributed by atoms with Gasteiger partial charge in [0.15, 0.2) is 0 Å². The van der Waals surface area contributed by atoms with Gasteiger partial charge in [-0.3, -0.25) is 4.79 Å². The Labute approximate surface area is 95.7 Å². The van der Waals surface area contributed by atoms with Crippen LogP contribution in [0.4, 0.5) is 16.0 Å². The van der Waals surface area contributed by atoms with Crippen molar-refractivity contribution in [3.63, 3.8) is 0 Å². The SMILES string of the molecule is Nc1cnc(C(=O)Nc2ccc(F)cn2)cn1. The van der Waals surface area contributed by atoms with Crippen molar-refractivity contribution in [2.75, 3.05) is 11.1 Å². The van der Waals surface area contributed by atoms with Crippen LogP contribution in [0.1, 0.15) is 10.5 Å².